The molecule has 0 aliphatic heterocycles. The minimum Gasteiger partial charge on any atom is -0.484 e. The average Bonchev–Trinajstić information content (AvgIpc) is 2.81. The molecule has 1 atom stereocenters. The second kappa shape index (κ2) is 8.56. The molecule has 5 heteroatoms. The third-order valence-electron chi connectivity index (χ3n) is 5.64. The van der Waals surface area contributed by atoms with E-state index in [4.69, 9.17) is 4.74 Å². The maximum absolute atomic E-state index is 12.8. The molecular weight excluding hydrogens is 390 g/mol. The van der Waals surface area contributed by atoms with Gasteiger partial charge < -0.3 is 10.1 Å². The fraction of sp³-hybridized carbons (Fsp3) is 0.192. The topological polar surface area (TPSA) is 72.5 Å². The van der Waals surface area contributed by atoms with Crippen molar-refractivity contribution >= 4 is 23.2 Å². The van der Waals surface area contributed by atoms with Gasteiger partial charge in [0.2, 0.25) is 0 Å². The van der Waals surface area contributed by atoms with Crippen LogP contribution in [0.5, 0.6) is 5.75 Å². The summed E-state index contributed by atoms with van der Waals surface area (Å²) in [4.78, 5) is 37.8. The number of carbonyl (C=O) groups is 3. The first-order valence-electron chi connectivity index (χ1n) is 10.3. The van der Waals surface area contributed by atoms with Gasteiger partial charge in [0, 0.05) is 27.9 Å². The van der Waals surface area contributed by atoms with E-state index in [9.17, 15) is 14.4 Å². The van der Waals surface area contributed by atoms with Crippen LogP contribution in [0.3, 0.4) is 0 Å². The summed E-state index contributed by atoms with van der Waals surface area (Å²) in [7, 11) is 0. The van der Waals surface area contributed by atoms with Crippen LogP contribution in [0.25, 0.3) is 0 Å². The number of carbonyl (C=O) groups excluding carboxylic acids is 3. The first kappa shape index (κ1) is 20.5. The van der Waals surface area contributed by atoms with Crippen molar-refractivity contribution in [2.24, 2.45) is 0 Å². The van der Waals surface area contributed by atoms with Gasteiger partial charge in [-0.15, -0.1) is 0 Å². The zero-order valence-corrected chi connectivity index (χ0v) is 17.5. The van der Waals surface area contributed by atoms with Gasteiger partial charge in [-0.2, -0.15) is 0 Å². The molecule has 0 bridgehead atoms. The fourth-order valence-corrected chi connectivity index (χ4v) is 3.65. The number of anilines is 1. The molecule has 0 fully saturated rings. The molecule has 1 N–H and O–H groups in total. The Balaban J connectivity index is 1.43. The molecule has 1 aliphatic carbocycles. The van der Waals surface area contributed by atoms with Crippen LogP contribution in [0.1, 0.15) is 63.6 Å². The number of benzene rings is 3. The lowest BCUT2D eigenvalue weighted by atomic mass is 9.84. The highest BCUT2D eigenvalue weighted by atomic mass is 16.5. The van der Waals surface area contributed by atoms with Crippen molar-refractivity contribution in [3.8, 4) is 5.75 Å². The zero-order valence-electron chi connectivity index (χ0n) is 17.5. The maximum atomic E-state index is 12.8. The maximum Gasteiger partial charge on any atom is 0.262 e. The monoisotopic (exact) mass is 413 g/mol. The Morgan fingerprint density at radius 1 is 0.871 bits per heavy atom. The van der Waals surface area contributed by atoms with Crippen molar-refractivity contribution in [1.29, 1.82) is 0 Å². The molecule has 0 heterocycles. The molecule has 0 radical (unpaired) electrons. The molecule has 31 heavy (non-hydrogen) atoms. The van der Waals surface area contributed by atoms with Gasteiger partial charge >= 0.3 is 0 Å². The fourth-order valence-electron chi connectivity index (χ4n) is 3.65. The predicted octanol–water partition coefficient (Wildman–Crippen LogP) is 4.99. The molecule has 0 spiro atoms. The molecule has 5 nitrogen and oxygen atoms in total. The lowest BCUT2D eigenvalue weighted by Crippen LogP contribution is -2.23. The number of ketones is 2. The summed E-state index contributed by atoms with van der Waals surface area (Å²) in [5.41, 5.74) is 3.11. The van der Waals surface area contributed by atoms with Crippen molar-refractivity contribution in [2.45, 2.75) is 26.2 Å². The normalized spacial score (nSPS) is 13.2. The Morgan fingerprint density at radius 2 is 1.48 bits per heavy atom. The molecule has 156 valence electrons. The lowest BCUT2D eigenvalue weighted by Gasteiger charge is -2.18. The van der Waals surface area contributed by atoms with Crippen LogP contribution in [0.15, 0.2) is 66.7 Å². The van der Waals surface area contributed by atoms with E-state index >= 15 is 0 Å². The van der Waals surface area contributed by atoms with Crippen molar-refractivity contribution in [1.82, 2.24) is 0 Å². The Bertz CT molecular complexity index is 1160. The number of amides is 1. The van der Waals surface area contributed by atoms with E-state index in [0.29, 0.717) is 39.6 Å². The molecule has 0 aromatic heterocycles. The van der Waals surface area contributed by atoms with E-state index in [1.807, 2.05) is 24.3 Å². The number of ether oxygens (including phenoxy) is 1. The summed E-state index contributed by atoms with van der Waals surface area (Å²) < 4.78 is 5.57. The zero-order chi connectivity index (χ0) is 22.0. The number of rotatable bonds is 6. The highest BCUT2D eigenvalue weighted by Gasteiger charge is 2.29. The minimum atomic E-state index is -0.346. The van der Waals surface area contributed by atoms with E-state index in [1.54, 1.807) is 42.5 Å². The first-order valence-corrected chi connectivity index (χ1v) is 10.3. The summed E-state index contributed by atoms with van der Waals surface area (Å²) in [5.74, 6) is 0.333. The number of hydrogen-bond donors (Lipinski definition) is 1. The van der Waals surface area contributed by atoms with Crippen LogP contribution >= 0.6 is 0 Å². The predicted molar refractivity (Wildman–Crippen MR) is 119 cm³/mol. The second-order valence-electron chi connectivity index (χ2n) is 7.68. The molecule has 0 saturated carbocycles. The van der Waals surface area contributed by atoms with Crippen molar-refractivity contribution in [3.63, 3.8) is 0 Å². The van der Waals surface area contributed by atoms with Gasteiger partial charge in [0.05, 0.1) is 0 Å². The highest BCUT2D eigenvalue weighted by molar-refractivity contribution is 6.28. The van der Waals surface area contributed by atoms with E-state index < -0.39 is 0 Å². The van der Waals surface area contributed by atoms with E-state index in [2.05, 4.69) is 19.2 Å². The average molecular weight is 413 g/mol. The molecule has 3 aromatic carbocycles. The Morgan fingerprint density at radius 3 is 2.13 bits per heavy atom. The van der Waals surface area contributed by atoms with Crippen LogP contribution in [0.2, 0.25) is 0 Å². The van der Waals surface area contributed by atoms with Crippen LogP contribution in [0.4, 0.5) is 5.69 Å². The summed E-state index contributed by atoms with van der Waals surface area (Å²) in [6.45, 7) is 4.15. The van der Waals surface area contributed by atoms with Crippen LogP contribution < -0.4 is 10.1 Å². The van der Waals surface area contributed by atoms with Crippen molar-refractivity contribution in [2.75, 3.05) is 11.9 Å². The highest BCUT2D eigenvalue weighted by Crippen LogP contribution is 2.29. The molecule has 3 aromatic rings. The molecule has 0 unspecified atom stereocenters. The standard InChI is InChI=1S/C26H23NO4/c1-3-16(2)17-8-11-19(12-9-17)31-15-24(28)27-18-10-13-22-23(14-18)26(30)21-7-5-4-6-20(21)25(22)29/h4-14,16H,3,15H2,1-2H3,(H,27,28)/t16-/m1/s1. The van der Waals surface area contributed by atoms with Crippen LogP contribution in [0, 0.1) is 0 Å². The van der Waals surface area contributed by atoms with Gasteiger partial charge in [-0.05, 0) is 48.2 Å². The second-order valence-corrected chi connectivity index (χ2v) is 7.68. The van der Waals surface area contributed by atoms with Gasteiger partial charge in [-0.1, -0.05) is 50.2 Å². The van der Waals surface area contributed by atoms with Crippen LogP contribution in [-0.2, 0) is 4.79 Å². The van der Waals surface area contributed by atoms with Crippen molar-refractivity contribution < 1.29 is 19.1 Å². The number of fused-ring (bicyclic) bond motifs is 2. The van der Waals surface area contributed by atoms with Crippen LogP contribution in [-0.4, -0.2) is 24.1 Å². The Hall–Kier alpha value is -3.73. The summed E-state index contributed by atoms with van der Waals surface area (Å²) >= 11 is 0. The number of hydrogen-bond acceptors (Lipinski definition) is 4. The van der Waals surface area contributed by atoms with Gasteiger partial charge in [0.1, 0.15) is 5.75 Å². The lowest BCUT2D eigenvalue weighted by molar-refractivity contribution is -0.118. The van der Waals surface area contributed by atoms with Gasteiger partial charge in [-0.3, -0.25) is 14.4 Å². The van der Waals surface area contributed by atoms with Gasteiger partial charge in [0.25, 0.3) is 5.91 Å². The Labute approximate surface area is 181 Å². The van der Waals surface area contributed by atoms with E-state index in [0.717, 1.165) is 6.42 Å². The van der Waals surface area contributed by atoms with E-state index in [-0.39, 0.29) is 24.1 Å². The summed E-state index contributed by atoms with van der Waals surface area (Å²) in [6, 6.07) is 19.2. The SMILES string of the molecule is CC[C@@H](C)c1ccc(OCC(=O)Nc2ccc3c(c2)C(=O)c2ccccc2C3=O)cc1. The van der Waals surface area contributed by atoms with E-state index in [1.165, 1.54) is 5.56 Å². The number of nitrogens with one attached hydrogen (secondary N) is 1. The third-order valence-corrected chi connectivity index (χ3v) is 5.64. The molecule has 1 amide bonds. The molecule has 0 saturated heterocycles. The molecule has 4 rings (SSSR count). The summed E-state index contributed by atoms with van der Waals surface area (Å²) in [6.07, 6.45) is 1.06. The quantitative estimate of drug-likeness (QED) is 0.483. The largest absolute Gasteiger partial charge is 0.484 e. The third kappa shape index (κ3) is 4.12. The van der Waals surface area contributed by atoms with Gasteiger partial charge in [-0.25, -0.2) is 0 Å². The van der Waals surface area contributed by atoms with Gasteiger partial charge in [0.15, 0.2) is 18.2 Å². The van der Waals surface area contributed by atoms with Crippen molar-refractivity contribution in [3.05, 3.63) is 94.5 Å². The first-order chi connectivity index (χ1) is 15.0. The minimum absolute atomic E-state index is 0.157. The molecule has 1 aliphatic rings. The smallest absolute Gasteiger partial charge is 0.262 e. The summed E-state index contributed by atoms with van der Waals surface area (Å²) in [5, 5.41) is 2.73. The Kier molecular flexibility index (Phi) is 5.67. The molecular formula is C26H23NO4.